The van der Waals surface area contributed by atoms with E-state index in [9.17, 15) is 10.1 Å². The summed E-state index contributed by atoms with van der Waals surface area (Å²) < 4.78 is 5.44. The van der Waals surface area contributed by atoms with Gasteiger partial charge >= 0.3 is 0 Å². The van der Waals surface area contributed by atoms with E-state index in [1.54, 1.807) is 12.1 Å². The van der Waals surface area contributed by atoms with E-state index < -0.39 is 0 Å². The first-order chi connectivity index (χ1) is 9.16. The summed E-state index contributed by atoms with van der Waals surface area (Å²) in [7, 11) is 0. The maximum absolute atomic E-state index is 10.7. The number of nitrogens with one attached hydrogen (secondary N) is 1. The first-order valence-corrected chi connectivity index (χ1v) is 6.72. The molecule has 0 bridgehead atoms. The molecular formula is C14H20N2O3. The molecule has 19 heavy (non-hydrogen) atoms. The van der Waals surface area contributed by atoms with Crippen molar-refractivity contribution in [1.82, 2.24) is 5.32 Å². The van der Waals surface area contributed by atoms with Crippen LogP contribution < -0.4 is 5.32 Å². The normalized spacial score (nSPS) is 21.0. The molecular weight excluding hydrogens is 244 g/mol. The average molecular weight is 264 g/mol. The number of hydrogen-bond donors (Lipinski definition) is 1. The molecule has 1 aliphatic heterocycles. The minimum Gasteiger partial charge on any atom is -0.381 e. The SMILES string of the molecule is CC(NCC1CCCOC1)c1cccc([N+](=O)[O-])c1. The molecule has 2 rings (SSSR count). The quantitative estimate of drug-likeness (QED) is 0.656. The van der Waals surface area contributed by atoms with Gasteiger partial charge in [-0.1, -0.05) is 12.1 Å². The fraction of sp³-hybridized carbons (Fsp3) is 0.571. The minimum absolute atomic E-state index is 0.113. The van der Waals surface area contributed by atoms with Crippen molar-refractivity contribution in [2.24, 2.45) is 5.92 Å². The van der Waals surface area contributed by atoms with Gasteiger partial charge in [-0.05, 0) is 31.2 Å². The fourth-order valence-electron chi connectivity index (χ4n) is 2.34. The van der Waals surface area contributed by atoms with Gasteiger partial charge in [0.1, 0.15) is 0 Å². The van der Waals surface area contributed by atoms with Crippen LogP contribution in [0.4, 0.5) is 5.69 Å². The molecule has 0 saturated carbocycles. The lowest BCUT2D eigenvalue weighted by atomic mass is 10.0. The molecule has 0 aliphatic carbocycles. The Morgan fingerprint density at radius 2 is 2.42 bits per heavy atom. The van der Waals surface area contributed by atoms with Crippen molar-refractivity contribution in [3.8, 4) is 0 Å². The Bertz CT molecular complexity index is 430. The Hall–Kier alpha value is -1.46. The summed E-state index contributed by atoms with van der Waals surface area (Å²) in [6, 6.07) is 6.92. The summed E-state index contributed by atoms with van der Waals surface area (Å²) in [6.07, 6.45) is 2.31. The molecule has 1 aromatic carbocycles. The number of rotatable bonds is 5. The largest absolute Gasteiger partial charge is 0.381 e. The Morgan fingerprint density at radius 3 is 3.11 bits per heavy atom. The third kappa shape index (κ3) is 4.01. The van der Waals surface area contributed by atoms with Crippen molar-refractivity contribution >= 4 is 5.69 Å². The van der Waals surface area contributed by atoms with Crippen LogP contribution in [0.3, 0.4) is 0 Å². The highest BCUT2D eigenvalue weighted by atomic mass is 16.6. The molecule has 1 fully saturated rings. The number of nitro benzene ring substituents is 1. The van der Waals surface area contributed by atoms with Gasteiger partial charge in [0.2, 0.25) is 0 Å². The predicted molar refractivity (Wildman–Crippen MR) is 73.1 cm³/mol. The van der Waals surface area contributed by atoms with Gasteiger partial charge in [0, 0.05) is 31.3 Å². The number of benzene rings is 1. The Kier molecular flexibility index (Phi) is 4.87. The molecule has 1 aromatic rings. The highest BCUT2D eigenvalue weighted by molar-refractivity contribution is 5.35. The van der Waals surface area contributed by atoms with Crippen LogP contribution in [-0.2, 0) is 4.74 Å². The van der Waals surface area contributed by atoms with Gasteiger partial charge in [-0.2, -0.15) is 0 Å². The second-order valence-corrected chi connectivity index (χ2v) is 5.07. The van der Waals surface area contributed by atoms with E-state index in [0.29, 0.717) is 5.92 Å². The summed E-state index contributed by atoms with van der Waals surface area (Å²) in [4.78, 5) is 10.4. The molecule has 1 aliphatic rings. The zero-order chi connectivity index (χ0) is 13.7. The molecule has 0 amide bonds. The van der Waals surface area contributed by atoms with Crippen molar-refractivity contribution in [2.45, 2.75) is 25.8 Å². The number of ether oxygens (including phenoxy) is 1. The molecule has 2 unspecified atom stereocenters. The summed E-state index contributed by atoms with van der Waals surface area (Å²) in [5, 5.41) is 14.2. The topological polar surface area (TPSA) is 64.4 Å². The number of hydrogen-bond acceptors (Lipinski definition) is 4. The molecule has 1 heterocycles. The zero-order valence-electron chi connectivity index (χ0n) is 11.2. The second-order valence-electron chi connectivity index (χ2n) is 5.07. The summed E-state index contributed by atoms with van der Waals surface area (Å²) in [6.45, 7) is 4.61. The van der Waals surface area contributed by atoms with Gasteiger partial charge in [-0.25, -0.2) is 0 Å². The number of nitrogens with zero attached hydrogens (tertiary/aromatic N) is 1. The van der Waals surface area contributed by atoms with E-state index in [-0.39, 0.29) is 16.7 Å². The standard InChI is InChI=1S/C14H20N2O3/c1-11(15-9-12-4-3-7-19-10-12)13-5-2-6-14(8-13)16(17)18/h2,5-6,8,11-12,15H,3-4,7,9-10H2,1H3. The zero-order valence-corrected chi connectivity index (χ0v) is 11.2. The van der Waals surface area contributed by atoms with Crippen LogP contribution in [0.5, 0.6) is 0 Å². The highest BCUT2D eigenvalue weighted by Gasteiger charge is 2.16. The van der Waals surface area contributed by atoms with E-state index in [2.05, 4.69) is 5.32 Å². The van der Waals surface area contributed by atoms with Crippen molar-refractivity contribution in [2.75, 3.05) is 19.8 Å². The smallest absolute Gasteiger partial charge is 0.269 e. The van der Waals surface area contributed by atoms with Crippen LogP contribution in [0.15, 0.2) is 24.3 Å². The van der Waals surface area contributed by atoms with Gasteiger partial charge in [0.15, 0.2) is 0 Å². The van der Waals surface area contributed by atoms with E-state index in [1.807, 2.05) is 13.0 Å². The maximum Gasteiger partial charge on any atom is 0.269 e. The van der Waals surface area contributed by atoms with E-state index in [1.165, 1.54) is 12.5 Å². The van der Waals surface area contributed by atoms with E-state index in [4.69, 9.17) is 4.74 Å². The molecule has 2 atom stereocenters. The van der Waals surface area contributed by atoms with Crippen molar-refractivity contribution < 1.29 is 9.66 Å². The van der Waals surface area contributed by atoms with Gasteiger partial charge in [0.25, 0.3) is 5.69 Å². The van der Waals surface area contributed by atoms with Crippen molar-refractivity contribution in [1.29, 1.82) is 0 Å². The lowest BCUT2D eigenvalue weighted by Crippen LogP contribution is -2.30. The molecule has 0 aromatic heterocycles. The molecule has 104 valence electrons. The molecule has 0 radical (unpaired) electrons. The predicted octanol–water partition coefficient (Wildman–Crippen LogP) is 2.67. The van der Waals surface area contributed by atoms with Gasteiger partial charge in [-0.3, -0.25) is 10.1 Å². The average Bonchev–Trinajstić information content (AvgIpc) is 2.46. The van der Waals surface area contributed by atoms with Crippen molar-refractivity contribution in [3.63, 3.8) is 0 Å². The van der Waals surface area contributed by atoms with Crippen LogP contribution in [0.1, 0.15) is 31.4 Å². The second kappa shape index (κ2) is 6.63. The van der Waals surface area contributed by atoms with Crippen LogP contribution in [0, 0.1) is 16.0 Å². The third-order valence-corrected chi connectivity index (χ3v) is 3.55. The lowest BCUT2D eigenvalue weighted by molar-refractivity contribution is -0.384. The van der Waals surface area contributed by atoms with Gasteiger partial charge < -0.3 is 10.1 Å². The molecule has 1 saturated heterocycles. The summed E-state index contributed by atoms with van der Waals surface area (Å²) >= 11 is 0. The van der Waals surface area contributed by atoms with Crippen LogP contribution in [-0.4, -0.2) is 24.7 Å². The lowest BCUT2D eigenvalue weighted by Gasteiger charge is -2.24. The van der Waals surface area contributed by atoms with Crippen LogP contribution >= 0.6 is 0 Å². The van der Waals surface area contributed by atoms with E-state index in [0.717, 1.165) is 31.7 Å². The molecule has 5 heteroatoms. The fourth-order valence-corrected chi connectivity index (χ4v) is 2.34. The maximum atomic E-state index is 10.7. The Morgan fingerprint density at radius 1 is 1.58 bits per heavy atom. The Balaban J connectivity index is 1.89. The highest BCUT2D eigenvalue weighted by Crippen LogP contribution is 2.20. The minimum atomic E-state index is -0.356. The summed E-state index contributed by atoms with van der Waals surface area (Å²) in [5.74, 6) is 0.551. The third-order valence-electron chi connectivity index (χ3n) is 3.55. The Labute approximate surface area is 113 Å². The first kappa shape index (κ1) is 14.0. The first-order valence-electron chi connectivity index (χ1n) is 6.72. The van der Waals surface area contributed by atoms with Gasteiger partial charge in [-0.15, -0.1) is 0 Å². The molecule has 0 spiro atoms. The number of nitro groups is 1. The van der Waals surface area contributed by atoms with Crippen LogP contribution in [0.25, 0.3) is 0 Å². The number of non-ortho nitro benzene ring substituents is 1. The van der Waals surface area contributed by atoms with Gasteiger partial charge in [0.05, 0.1) is 11.5 Å². The van der Waals surface area contributed by atoms with Crippen LogP contribution in [0.2, 0.25) is 0 Å². The summed E-state index contributed by atoms with van der Waals surface area (Å²) in [5.41, 5.74) is 1.10. The molecule has 1 N–H and O–H groups in total. The molecule has 5 nitrogen and oxygen atoms in total. The van der Waals surface area contributed by atoms with E-state index >= 15 is 0 Å². The monoisotopic (exact) mass is 264 g/mol. The van der Waals surface area contributed by atoms with Crippen molar-refractivity contribution in [3.05, 3.63) is 39.9 Å².